The first-order valence-electron chi connectivity index (χ1n) is 13.9. The van der Waals surface area contributed by atoms with Gasteiger partial charge < -0.3 is 15.3 Å². The third-order valence-corrected chi connectivity index (χ3v) is 12.9. The van der Waals surface area contributed by atoms with Crippen molar-refractivity contribution in [3.05, 3.63) is 11.6 Å². The molecule has 34 heavy (non-hydrogen) atoms. The second kappa shape index (κ2) is 7.12. The van der Waals surface area contributed by atoms with Crippen molar-refractivity contribution in [3.8, 4) is 0 Å². The van der Waals surface area contributed by atoms with E-state index >= 15 is 0 Å². The highest BCUT2D eigenvalue weighted by atomic mass is 16.4. The summed E-state index contributed by atoms with van der Waals surface area (Å²) >= 11 is 0. The van der Waals surface area contributed by atoms with E-state index in [1.807, 2.05) is 0 Å². The van der Waals surface area contributed by atoms with Crippen LogP contribution in [0.15, 0.2) is 11.6 Å². The molecule has 0 aliphatic heterocycles. The molecule has 0 unspecified atom stereocenters. The predicted molar refractivity (Wildman–Crippen MR) is 134 cm³/mol. The van der Waals surface area contributed by atoms with Crippen LogP contribution in [0.1, 0.15) is 106 Å². The highest BCUT2D eigenvalue weighted by Gasteiger charge is 2.70. The van der Waals surface area contributed by atoms with Crippen molar-refractivity contribution >= 4 is 5.97 Å². The Kier molecular flexibility index (Phi) is 5.20. The van der Waals surface area contributed by atoms with Crippen LogP contribution in [0.3, 0.4) is 0 Å². The van der Waals surface area contributed by atoms with Crippen LogP contribution in [-0.2, 0) is 4.79 Å². The van der Waals surface area contributed by atoms with Gasteiger partial charge in [0.25, 0.3) is 0 Å². The Balaban J connectivity index is 1.63. The quantitative estimate of drug-likeness (QED) is 0.397. The average molecular weight is 473 g/mol. The zero-order valence-electron chi connectivity index (χ0n) is 22.6. The molecule has 3 N–H and O–H groups in total. The summed E-state index contributed by atoms with van der Waals surface area (Å²) in [6.45, 7) is 16.2. The van der Waals surface area contributed by atoms with E-state index in [0.717, 1.165) is 57.8 Å². The average Bonchev–Trinajstić information content (AvgIpc) is 2.70. The van der Waals surface area contributed by atoms with Gasteiger partial charge in [0.15, 0.2) is 0 Å². The number of allylic oxidation sites excluding steroid dienone is 2. The van der Waals surface area contributed by atoms with Gasteiger partial charge in [-0.2, -0.15) is 0 Å². The normalized spacial score (nSPS) is 53.4. The van der Waals surface area contributed by atoms with Crippen LogP contribution in [-0.4, -0.2) is 33.5 Å². The maximum atomic E-state index is 12.8. The molecule has 0 bridgehead atoms. The second-order valence-corrected chi connectivity index (χ2v) is 15.2. The number of aliphatic carboxylic acids is 1. The van der Waals surface area contributed by atoms with Gasteiger partial charge in [0.2, 0.25) is 0 Å². The molecule has 0 aromatic carbocycles. The summed E-state index contributed by atoms with van der Waals surface area (Å²) in [5.74, 6) is 0.0121. The summed E-state index contributed by atoms with van der Waals surface area (Å²) in [4.78, 5) is 12.8. The van der Waals surface area contributed by atoms with Crippen molar-refractivity contribution in [2.45, 2.75) is 118 Å². The molecule has 0 heterocycles. The SMILES string of the molecule is CC1(C)CC[C@]2(C(=O)O)CC[C@]3(C)C(=CC[C@H]4[C@@]5(C)CC[C@H](O)C(C)(C)[C@@H]5[C@@H](O)C[C@@]43C)[C@@H]2C1. The van der Waals surface area contributed by atoms with Gasteiger partial charge in [-0.3, -0.25) is 4.79 Å². The first-order chi connectivity index (χ1) is 15.6. The fourth-order valence-corrected chi connectivity index (χ4v) is 10.8. The van der Waals surface area contributed by atoms with Gasteiger partial charge in [-0.1, -0.05) is 60.1 Å². The topological polar surface area (TPSA) is 77.8 Å². The fourth-order valence-electron chi connectivity index (χ4n) is 10.8. The van der Waals surface area contributed by atoms with Crippen molar-refractivity contribution in [3.63, 3.8) is 0 Å². The Hall–Kier alpha value is -0.870. The molecule has 4 fully saturated rings. The number of rotatable bonds is 1. The molecule has 0 radical (unpaired) electrons. The molecule has 9 atom stereocenters. The first-order valence-corrected chi connectivity index (χ1v) is 13.9. The number of hydrogen-bond donors (Lipinski definition) is 3. The number of carboxylic acid groups (broad SMARTS) is 1. The Labute approximate surface area is 206 Å². The number of aliphatic hydroxyl groups excluding tert-OH is 2. The number of carboxylic acids is 1. The number of hydrogen-bond acceptors (Lipinski definition) is 3. The highest BCUT2D eigenvalue weighted by Crippen LogP contribution is 2.75. The van der Waals surface area contributed by atoms with Crippen LogP contribution >= 0.6 is 0 Å². The summed E-state index contributed by atoms with van der Waals surface area (Å²) in [5, 5.41) is 33.1. The molecule has 0 saturated heterocycles. The molecule has 4 heteroatoms. The summed E-state index contributed by atoms with van der Waals surface area (Å²) in [6.07, 6.45) is 9.49. The molecule has 192 valence electrons. The van der Waals surface area contributed by atoms with Crippen LogP contribution < -0.4 is 0 Å². The predicted octanol–water partition coefficient (Wildman–Crippen LogP) is 6.20. The Morgan fingerprint density at radius 3 is 2.21 bits per heavy atom. The third-order valence-electron chi connectivity index (χ3n) is 12.9. The van der Waals surface area contributed by atoms with Gasteiger partial charge in [0.1, 0.15) is 0 Å². The van der Waals surface area contributed by atoms with E-state index in [1.165, 1.54) is 5.57 Å². The monoisotopic (exact) mass is 472 g/mol. The Morgan fingerprint density at radius 1 is 0.912 bits per heavy atom. The molecular weight excluding hydrogens is 424 g/mol. The highest BCUT2D eigenvalue weighted by molar-refractivity contribution is 5.76. The molecule has 0 spiro atoms. The molecule has 0 aromatic heterocycles. The lowest BCUT2D eigenvalue weighted by molar-refractivity contribution is -0.242. The van der Waals surface area contributed by atoms with E-state index in [0.29, 0.717) is 5.92 Å². The largest absolute Gasteiger partial charge is 0.481 e. The van der Waals surface area contributed by atoms with Gasteiger partial charge >= 0.3 is 5.97 Å². The van der Waals surface area contributed by atoms with E-state index in [9.17, 15) is 20.1 Å². The van der Waals surface area contributed by atoms with E-state index in [4.69, 9.17) is 0 Å². The molecular formula is C30H48O4. The lowest BCUT2D eigenvalue weighted by Gasteiger charge is -2.72. The zero-order valence-corrected chi connectivity index (χ0v) is 22.6. The van der Waals surface area contributed by atoms with Crippen LogP contribution in [0.25, 0.3) is 0 Å². The maximum absolute atomic E-state index is 12.8. The van der Waals surface area contributed by atoms with Crippen LogP contribution in [0.2, 0.25) is 0 Å². The van der Waals surface area contributed by atoms with Gasteiger partial charge in [0.05, 0.1) is 17.6 Å². The van der Waals surface area contributed by atoms with Gasteiger partial charge in [-0.05, 0) is 103 Å². The number of aliphatic hydroxyl groups is 2. The number of carbonyl (C=O) groups is 1. The minimum atomic E-state index is -0.624. The molecule has 5 rings (SSSR count). The summed E-state index contributed by atoms with van der Waals surface area (Å²) in [6, 6.07) is 0. The molecule has 5 aliphatic rings. The standard InChI is InChI=1S/C30H48O4/c1-25(2)12-14-30(24(33)34)15-13-28(6)18(19(30)16-25)8-9-21-27(5)11-10-22(32)26(3,4)23(27)20(31)17-29(21,28)7/h8,19-23,31-32H,9-17H2,1-7H3,(H,33,34)/t19-,20-,21-,22-,23-,27+,28+,29-,30-/m0/s1. The third kappa shape index (κ3) is 2.88. The van der Waals surface area contributed by atoms with E-state index < -0.39 is 17.5 Å². The molecule has 5 aliphatic carbocycles. The lowest BCUT2D eigenvalue weighted by Crippen LogP contribution is -2.68. The van der Waals surface area contributed by atoms with Crippen LogP contribution in [0.5, 0.6) is 0 Å². The van der Waals surface area contributed by atoms with Crippen molar-refractivity contribution in [1.82, 2.24) is 0 Å². The minimum Gasteiger partial charge on any atom is -0.481 e. The smallest absolute Gasteiger partial charge is 0.310 e. The van der Waals surface area contributed by atoms with E-state index in [1.54, 1.807) is 0 Å². The van der Waals surface area contributed by atoms with Crippen molar-refractivity contribution in [2.75, 3.05) is 0 Å². The lowest BCUT2D eigenvalue weighted by atomic mass is 9.33. The molecule has 0 aromatic rings. The number of fused-ring (bicyclic) bond motifs is 7. The molecule has 4 saturated carbocycles. The fraction of sp³-hybridized carbons (Fsp3) is 0.900. The second-order valence-electron chi connectivity index (χ2n) is 15.2. The molecule has 0 amide bonds. The van der Waals surface area contributed by atoms with E-state index in [-0.39, 0.29) is 45.0 Å². The summed E-state index contributed by atoms with van der Waals surface area (Å²) in [7, 11) is 0. The zero-order chi connectivity index (χ0) is 25.1. The van der Waals surface area contributed by atoms with Gasteiger partial charge in [-0.25, -0.2) is 0 Å². The first kappa shape index (κ1) is 24.8. The van der Waals surface area contributed by atoms with Crippen LogP contribution in [0, 0.1) is 50.2 Å². The Bertz CT molecular complexity index is 919. The minimum absolute atomic E-state index is 0.0344. The van der Waals surface area contributed by atoms with Crippen molar-refractivity contribution < 1.29 is 20.1 Å². The maximum Gasteiger partial charge on any atom is 0.310 e. The molecule has 4 nitrogen and oxygen atoms in total. The van der Waals surface area contributed by atoms with Crippen molar-refractivity contribution in [1.29, 1.82) is 0 Å². The van der Waals surface area contributed by atoms with Gasteiger partial charge in [-0.15, -0.1) is 0 Å². The summed E-state index contributed by atoms with van der Waals surface area (Å²) in [5.41, 5.74) is 0.421. The summed E-state index contributed by atoms with van der Waals surface area (Å²) < 4.78 is 0. The Morgan fingerprint density at radius 2 is 1.56 bits per heavy atom. The van der Waals surface area contributed by atoms with Crippen LogP contribution in [0.4, 0.5) is 0 Å². The van der Waals surface area contributed by atoms with Crippen molar-refractivity contribution in [2.24, 2.45) is 50.2 Å². The van der Waals surface area contributed by atoms with E-state index in [2.05, 4.69) is 54.5 Å². The van der Waals surface area contributed by atoms with Gasteiger partial charge in [0, 0.05) is 0 Å².